The maximum atomic E-state index is 5.78. The van der Waals surface area contributed by atoms with Gasteiger partial charge in [-0.15, -0.1) is 0 Å². The summed E-state index contributed by atoms with van der Waals surface area (Å²) in [5.41, 5.74) is 8.43. The minimum Gasteiger partial charge on any atom is -0.373 e. The summed E-state index contributed by atoms with van der Waals surface area (Å²) in [5, 5.41) is 0. The molecule has 0 saturated heterocycles. The minimum absolute atomic E-state index is 0.199. The monoisotopic (exact) mass is 191 g/mol. The molecule has 2 nitrogen and oxygen atoms in total. The first kappa shape index (κ1) is 9.69. The molecule has 0 aromatic heterocycles. The van der Waals surface area contributed by atoms with Crippen molar-refractivity contribution in [1.29, 1.82) is 0 Å². The Hall–Kier alpha value is -0.860. The van der Waals surface area contributed by atoms with Gasteiger partial charge in [0.1, 0.15) is 0 Å². The lowest BCUT2D eigenvalue weighted by Gasteiger charge is -2.29. The van der Waals surface area contributed by atoms with Crippen LogP contribution in [0, 0.1) is 5.92 Å². The number of nitrogens with two attached hydrogens (primary N) is 1. The Morgan fingerprint density at radius 1 is 1.50 bits per heavy atom. The zero-order valence-corrected chi connectivity index (χ0v) is 8.57. The molecule has 1 aliphatic heterocycles. The van der Waals surface area contributed by atoms with Crippen molar-refractivity contribution in [3.8, 4) is 0 Å². The van der Waals surface area contributed by atoms with Crippen LogP contribution in [-0.2, 0) is 11.2 Å². The van der Waals surface area contributed by atoms with Crippen molar-refractivity contribution < 1.29 is 4.74 Å². The molecule has 1 aromatic carbocycles. The second-order valence-electron chi connectivity index (χ2n) is 3.95. The van der Waals surface area contributed by atoms with Crippen LogP contribution in [0.3, 0.4) is 0 Å². The van der Waals surface area contributed by atoms with Gasteiger partial charge in [-0.1, -0.05) is 31.2 Å². The Labute approximate surface area is 85.1 Å². The second kappa shape index (κ2) is 4.11. The molecule has 14 heavy (non-hydrogen) atoms. The SMILES string of the molecule is C[C@@H](CN)C1OCCc2ccccc21. The molecular weight excluding hydrogens is 174 g/mol. The van der Waals surface area contributed by atoms with Gasteiger partial charge in [-0.3, -0.25) is 0 Å². The Morgan fingerprint density at radius 2 is 2.29 bits per heavy atom. The van der Waals surface area contributed by atoms with Crippen LogP contribution in [0.25, 0.3) is 0 Å². The molecule has 0 fully saturated rings. The van der Waals surface area contributed by atoms with Crippen molar-refractivity contribution in [3.05, 3.63) is 35.4 Å². The first-order valence-corrected chi connectivity index (χ1v) is 5.22. The van der Waals surface area contributed by atoms with Crippen molar-refractivity contribution in [2.45, 2.75) is 19.4 Å². The van der Waals surface area contributed by atoms with E-state index < -0.39 is 0 Å². The molecule has 1 aromatic rings. The molecule has 76 valence electrons. The Balaban J connectivity index is 2.30. The van der Waals surface area contributed by atoms with Crippen molar-refractivity contribution >= 4 is 0 Å². The van der Waals surface area contributed by atoms with E-state index in [9.17, 15) is 0 Å². The molecule has 2 N–H and O–H groups in total. The van der Waals surface area contributed by atoms with Crippen LogP contribution >= 0.6 is 0 Å². The van der Waals surface area contributed by atoms with Gasteiger partial charge in [-0.2, -0.15) is 0 Å². The second-order valence-corrected chi connectivity index (χ2v) is 3.95. The number of hydrogen-bond acceptors (Lipinski definition) is 2. The number of fused-ring (bicyclic) bond motifs is 1. The van der Waals surface area contributed by atoms with E-state index in [0.717, 1.165) is 13.0 Å². The fourth-order valence-corrected chi connectivity index (χ4v) is 2.02. The van der Waals surface area contributed by atoms with Gasteiger partial charge in [0.25, 0.3) is 0 Å². The summed E-state index contributed by atoms with van der Waals surface area (Å²) < 4.78 is 5.78. The van der Waals surface area contributed by atoms with E-state index in [2.05, 4.69) is 31.2 Å². The molecule has 0 spiro atoms. The van der Waals surface area contributed by atoms with Gasteiger partial charge in [0.2, 0.25) is 0 Å². The fraction of sp³-hybridized carbons (Fsp3) is 0.500. The smallest absolute Gasteiger partial charge is 0.0865 e. The van der Waals surface area contributed by atoms with Crippen molar-refractivity contribution in [3.63, 3.8) is 0 Å². The van der Waals surface area contributed by atoms with Crippen LogP contribution in [0.5, 0.6) is 0 Å². The zero-order valence-electron chi connectivity index (χ0n) is 8.57. The van der Waals surface area contributed by atoms with Gasteiger partial charge in [0.15, 0.2) is 0 Å². The van der Waals surface area contributed by atoms with Gasteiger partial charge in [-0.05, 0) is 30.0 Å². The molecule has 1 unspecified atom stereocenters. The summed E-state index contributed by atoms with van der Waals surface area (Å²) in [5.74, 6) is 0.399. The lowest BCUT2D eigenvalue weighted by Crippen LogP contribution is -2.26. The maximum absolute atomic E-state index is 5.78. The highest BCUT2D eigenvalue weighted by Gasteiger charge is 2.24. The van der Waals surface area contributed by atoms with Crippen LogP contribution in [0.4, 0.5) is 0 Å². The lowest BCUT2D eigenvalue weighted by atomic mass is 9.90. The van der Waals surface area contributed by atoms with Gasteiger partial charge in [-0.25, -0.2) is 0 Å². The number of rotatable bonds is 2. The van der Waals surface area contributed by atoms with E-state index in [4.69, 9.17) is 10.5 Å². The third-order valence-electron chi connectivity index (χ3n) is 2.92. The molecule has 0 bridgehead atoms. The highest BCUT2D eigenvalue weighted by atomic mass is 16.5. The van der Waals surface area contributed by atoms with Crippen LogP contribution in [0.1, 0.15) is 24.2 Å². The molecule has 0 radical (unpaired) electrons. The van der Waals surface area contributed by atoms with Gasteiger partial charge < -0.3 is 10.5 Å². The molecule has 0 aliphatic carbocycles. The Kier molecular flexibility index (Phi) is 2.85. The van der Waals surface area contributed by atoms with Crippen molar-refractivity contribution in [2.24, 2.45) is 11.7 Å². The molecule has 1 heterocycles. The maximum Gasteiger partial charge on any atom is 0.0865 e. The lowest BCUT2D eigenvalue weighted by molar-refractivity contribution is 0.00875. The molecule has 0 saturated carbocycles. The number of ether oxygens (including phenoxy) is 1. The Bertz CT molecular complexity index is 311. The van der Waals surface area contributed by atoms with Crippen LogP contribution < -0.4 is 5.73 Å². The average Bonchev–Trinajstić information content (AvgIpc) is 2.27. The average molecular weight is 191 g/mol. The van der Waals surface area contributed by atoms with E-state index in [1.165, 1.54) is 11.1 Å². The Morgan fingerprint density at radius 3 is 3.07 bits per heavy atom. The predicted octanol–water partition coefficient (Wildman–Crippen LogP) is 1.90. The zero-order chi connectivity index (χ0) is 9.97. The summed E-state index contributed by atoms with van der Waals surface area (Å²) in [6.07, 6.45) is 1.23. The van der Waals surface area contributed by atoms with Crippen LogP contribution in [-0.4, -0.2) is 13.2 Å². The summed E-state index contributed by atoms with van der Waals surface area (Å²) in [6, 6.07) is 8.51. The van der Waals surface area contributed by atoms with E-state index in [0.29, 0.717) is 12.5 Å². The van der Waals surface area contributed by atoms with Crippen molar-refractivity contribution in [2.75, 3.05) is 13.2 Å². The van der Waals surface area contributed by atoms with Crippen molar-refractivity contribution in [1.82, 2.24) is 0 Å². The topological polar surface area (TPSA) is 35.2 Å². The van der Waals surface area contributed by atoms with E-state index >= 15 is 0 Å². The third kappa shape index (κ3) is 1.68. The minimum atomic E-state index is 0.199. The normalized spacial score (nSPS) is 22.9. The summed E-state index contributed by atoms with van der Waals surface area (Å²) in [7, 11) is 0. The standard InChI is InChI=1S/C12H17NO/c1-9(8-13)12-11-5-3-2-4-10(11)6-7-14-12/h2-5,9,12H,6-8,13H2,1H3/t9-,12?/m0/s1. The molecule has 0 amide bonds. The molecule has 2 rings (SSSR count). The van der Waals surface area contributed by atoms with Crippen LogP contribution in [0.2, 0.25) is 0 Å². The highest BCUT2D eigenvalue weighted by Crippen LogP contribution is 2.31. The van der Waals surface area contributed by atoms with E-state index in [1.807, 2.05) is 0 Å². The fourth-order valence-electron chi connectivity index (χ4n) is 2.02. The summed E-state index contributed by atoms with van der Waals surface area (Å²) in [6.45, 7) is 3.65. The van der Waals surface area contributed by atoms with Gasteiger partial charge >= 0.3 is 0 Å². The first-order valence-electron chi connectivity index (χ1n) is 5.22. The first-order chi connectivity index (χ1) is 6.83. The number of benzene rings is 1. The summed E-state index contributed by atoms with van der Waals surface area (Å²) in [4.78, 5) is 0. The molecule has 2 heteroatoms. The quantitative estimate of drug-likeness (QED) is 0.774. The van der Waals surface area contributed by atoms with Gasteiger partial charge in [0, 0.05) is 0 Å². The number of hydrogen-bond donors (Lipinski definition) is 1. The predicted molar refractivity (Wildman–Crippen MR) is 57.1 cm³/mol. The molecule has 2 atom stereocenters. The van der Waals surface area contributed by atoms with E-state index in [-0.39, 0.29) is 6.10 Å². The summed E-state index contributed by atoms with van der Waals surface area (Å²) >= 11 is 0. The highest BCUT2D eigenvalue weighted by molar-refractivity contribution is 5.31. The third-order valence-corrected chi connectivity index (χ3v) is 2.92. The largest absolute Gasteiger partial charge is 0.373 e. The van der Waals surface area contributed by atoms with Gasteiger partial charge in [0.05, 0.1) is 12.7 Å². The van der Waals surface area contributed by atoms with E-state index in [1.54, 1.807) is 0 Å². The molecule has 1 aliphatic rings. The van der Waals surface area contributed by atoms with Crippen LogP contribution in [0.15, 0.2) is 24.3 Å². The molecular formula is C12H17NO.